The Labute approximate surface area is 102 Å². The van der Waals surface area contributed by atoms with Crippen LogP contribution in [-0.2, 0) is 4.74 Å². The Morgan fingerprint density at radius 3 is 2.53 bits per heavy atom. The summed E-state index contributed by atoms with van der Waals surface area (Å²) in [6, 6.07) is 17.4. The van der Waals surface area contributed by atoms with Crippen molar-refractivity contribution in [3.63, 3.8) is 0 Å². The maximum Gasteiger partial charge on any atom is 0.0557 e. The predicted molar refractivity (Wildman–Crippen MR) is 70.2 cm³/mol. The molecule has 1 aliphatic heterocycles. The van der Waals surface area contributed by atoms with Crippen LogP contribution in [0.5, 0.6) is 0 Å². The molecule has 1 nitrogen and oxygen atoms in total. The maximum atomic E-state index is 5.26. The zero-order valence-electron chi connectivity index (χ0n) is 10.0. The molecule has 0 N–H and O–H groups in total. The zero-order chi connectivity index (χ0) is 11.7. The van der Waals surface area contributed by atoms with Crippen LogP contribution in [0.3, 0.4) is 0 Å². The van der Waals surface area contributed by atoms with Crippen molar-refractivity contribution in [1.29, 1.82) is 0 Å². The van der Waals surface area contributed by atoms with E-state index in [1.807, 2.05) is 0 Å². The summed E-state index contributed by atoms with van der Waals surface area (Å²) in [5, 5.41) is 0. The van der Waals surface area contributed by atoms with Crippen LogP contribution in [-0.4, -0.2) is 13.2 Å². The van der Waals surface area contributed by atoms with Gasteiger partial charge in [0.25, 0.3) is 0 Å². The molecule has 1 fully saturated rings. The topological polar surface area (TPSA) is 9.23 Å². The lowest BCUT2D eigenvalue weighted by molar-refractivity contribution is 0.00844. The summed E-state index contributed by atoms with van der Waals surface area (Å²) in [4.78, 5) is 0. The van der Waals surface area contributed by atoms with E-state index in [1.165, 1.54) is 22.3 Å². The molecule has 1 heteroatoms. The molecule has 2 aromatic rings. The van der Waals surface area contributed by atoms with Gasteiger partial charge in [0.2, 0.25) is 0 Å². The van der Waals surface area contributed by atoms with E-state index in [1.54, 1.807) is 0 Å². The van der Waals surface area contributed by atoms with E-state index in [0.717, 1.165) is 13.2 Å². The van der Waals surface area contributed by atoms with Gasteiger partial charge < -0.3 is 4.74 Å². The van der Waals surface area contributed by atoms with Gasteiger partial charge in [-0.2, -0.15) is 0 Å². The summed E-state index contributed by atoms with van der Waals surface area (Å²) in [5.74, 6) is 0.596. The molecule has 86 valence electrons. The first kappa shape index (κ1) is 10.5. The summed E-state index contributed by atoms with van der Waals surface area (Å²) < 4.78 is 5.26. The van der Waals surface area contributed by atoms with Gasteiger partial charge in [0.15, 0.2) is 0 Å². The Balaban J connectivity index is 2.00. The van der Waals surface area contributed by atoms with Crippen molar-refractivity contribution in [2.75, 3.05) is 13.2 Å². The fraction of sp³-hybridized carbons (Fsp3) is 0.250. The SMILES string of the molecule is Cc1ccccc1-c1cccc(C2COC2)c1. The number of rotatable bonds is 2. The molecule has 0 spiro atoms. The molecule has 1 heterocycles. The van der Waals surface area contributed by atoms with Crippen LogP contribution in [0.2, 0.25) is 0 Å². The second kappa shape index (κ2) is 4.34. The molecule has 1 aliphatic rings. The Kier molecular flexibility index (Phi) is 2.69. The highest BCUT2D eigenvalue weighted by Crippen LogP contribution is 2.29. The molecule has 3 rings (SSSR count). The van der Waals surface area contributed by atoms with Crippen molar-refractivity contribution in [2.45, 2.75) is 12.8 Å². The first-order valence-corrected chi connectivity index (χ1v) is 6.08. The van der Waals surface area contributed by atoms with Gasteiger partial charge in [-0.3, -0.25) is 0 Å². The van der Waals surface area contributed by atoms with Crippen LogP contribution < -0.4 is 0 Å². The van der Waals surface area contributed by atoms with Gasteiger partial charge in [-0.1, -0.05) is 48.5 Å². The first-order chi connectivity index (χ1) is 8.34. The zero-order valence-corrected chi connectivity index (χ0v) is 10.0. The minimum atomic E-state index is 0.596. The molecule has 0 aromatic heterocycles. The van der Waals surface area contributed by atoms with E-state index in [0.29, 0.717) is 5.92 Å². The van der Waals surface area contributed by atoms with Crippen LogP contribution in [0, 0.1) is 6.92 Å². The molecular formula is C16H16O. The summed E-state index contributed by atoms with van der Waals surface area (Å²) in [5.41, 5.74) is 5.37. The van der Waals surface area contributed by atoms with Crippen LogP contribution in [0.4, 0.5) is 0 Å². The Morgan fingerprint density at radius 2 is 1.82 bits per heavy atom. The van der Waals surface area contributed by atoms with E-state index >= 15 is 0 Å². The average Bonchev–Trinajstić information content (AvgIpc) is 2.28. The predicted octanol–water partition coefficient (Wildman–Crippen LogP) is 3.78. The molecule has 2 aromatic carbocycles. The third kappa shape index (κ3) is 1.98. The Bertz CT molecular complexity index is 527. The highest BCUT2D eigenvalue weighted by Gasteiger charge is 2.20. The molecule has 0 aliphatic carbocycles. The number of hydrogen-bond acceptors (Lipinski definition) is 1. The fourth-order valence-corrected chi connectivity index (χ4v) is 2.29. The number of benzene rings is 2. The van der Waals surface area contributed by atoms with E-state index in [9.17, 15) is 0 Å². The summed E-state index contributed by atoms with van der Waals surface area (Å²) in [6.07, 6.45) is 0. The monoisotopic (exact) mass is 224 g/mol. The third-order valence-corrected chi connectivity index (χ3v) is 3.45. The number of ether oxygens (including phenoxy) is 1. The van der Waals surface area contributed by atoms with E-state index in [-0.39, 0.29) is 0 Å². The van der Waals surface area contributed by atoms with Gasteiger partial charge in [0.05, 0.1) is 13.2 Å². The van der Waals surface area contributed by atoms with Crippen molar-refractivity contribution in [3.05, 3.63) is 59.7 Å². The molecular weight excluding hydrogens is 208 g/mol. The van der Waals surface area contributed by atoms with Crippen LogP contribution in [0.1, 0.15) is 17.0 Å². The number of hydrogen-bond donors (Lipinski definition) is 0. The summed E-state index contributed by atoms with van der Waals surface area (Å²) >= 11 is 0. The highest BCUT2D eigenvalue weighted by atomic mass is 16.5. The first-order valence-electron chi connectivity index (χ1n) is 6.08. The average molecular weight is 224 g/mol. The molecule has 17 heavy (non-hydrogen) atoms. The van der Waals surface area contributed by atoms with Gasteiger partial charge in [-0.25, -0.2) is 0 Å². The Hall–Kier alpha value is -1.60. The molecule has 0 radical (unpaired) electrons. The Morgan fingerprint density at radius 1 is 1.00 bits per heavy atom. The van der Waals surface area contributed by atoms with Crippen molar-refractivity contribution in [1.82, 2.24) is 0 Å². The van der Waals surface area contributed by atoms with Crippen LogP contribution >= 0.6 is 0 Å². The lowest BCUT2D eigenvalue weighted by atomic mass is 9.93. The fourth-order valence-electron chi connectivity index (χ4n) is 2.29. The standard InChI is InChI=1S/C16H16O/c1-12-5-2-3-8-16(12)14-7-4-6-13(9-14)15-10-17-11-15/h2-9,15H,10-11H2,1H3. The highest BCUT2D eigenvalue weighted by molar-refractivity contribution is 5.67. The molecule has 0 unspecified atom stereocenters. The summed E-state index contributed by atoms with van der Waals surface area (Å²) in [7, 11) is 0. The number of aryl methyl sites for hydroxylation is 1. The third-order valence-electron chi connectivity index (χ3n) is 3.45. The minimum Gasteiger partial charge on any atom is -0.380 e. The van der Waals surface area contributed by atoms with E-state index in [2.05, 4.69) is 55.5 Å². The maximum absolute atomic E-state index is 5.26. The van der Waals surface area contributed by atoms with Gasteiger partial charge >= 0.3 is 0 Å². The van der Waals surface area contributed by atoms with E-state index in [4.69, 9.17) is 4.74 Å². The lowest BCUT2D eigenvalue weighted by Gasteiger charge is -2.26. The van der Waals surface area contributed by atoms with Crippen molar-refractivity contribution in [3.8, 4) is 11.1 Å². The smallest absolute Gasteiger partial charge is 0.0557 e. The van der Waals surface area contributed by atoms with Crippen molar-refractivity contribution in [2.24, 2.45) is 0 Å². The van der Waals surface area contributed by atoms with Gasteiger partial charge in [-0.05, 0) is 29.2 Å². The normalized spacial score (nSPS) is 15.6. The summed E-state index contributed by atoms with van der Waals surface area (Å²) in [6.45, 7) is 3.91. The van der Waals surface area contributed by atoms with Crippen LogP contribution in [0.15, 0.2) is 48.5 Å². The second-order valence-electron chi connectivity index (χ2n) is 4.67. The molecule has 0 saturated carbocycles. The quantitative estimate of drug-likeness (QED) is 0.754. The molecule has 1 saturated heterocycles. The van der Waals surface area contributed by atoms with E-state index < -0.39 is 0 Å². The van der Waals surface area contributed by atoms with Gasteiger partial charge in [0, 0.05) is 5.92 Å². The molecule has 0 amide bonds. The minimum absolute atomic E-state index is 0.596. The van der Waals surface area contributed by atoms with Crippen LogP contribution in [0.25, 0.3) is 11.1 Å². The van der Waals surface area contributed by atoms with Crippen molar-refractivity contribution < 1.29 is 4.74 Å². The lowest BCUT2D eigenvalue weighted by Crippen LogP contribution is -2.24. The van der Waals surface area contributed by atoms with Crippen molar-refractivity contribution >= 4 is 0 Å². The van der Waals surface area contributed by atoms with Gasteiger partial charge in [0.1, 0.15) is 0 Å². The second-order valence-corrected chi connectivity index (χ2v) is 4.67. The largest absolute Gasteiger partial charge is 0.380 e. The molecule has 0 bridgehead atoms. The van der Waals surface area contributed by atoms with Gasteiger partial charge in [-0.15, -0.1) is 0 Å². The molecule has 0 atom stereocenters.